The molecule has 3 nitrogen and oxygen atoms in total. The minimum atomic E-state index is 0.138. The van der Waals surface area contributed by atoms with Crippen molar-refractivity contribution in [3.8, 4) is 5.75 Å². The van der Waals surface area contributed by atoms with Crippen LogP contribution in [0.1, 0.15) is 44.1 Å². The summed E-state index contributed by atoms with van der Waals surface area (Å²) in [7, 11) is 0. The maximum Gasteiger partial charge on any atom is 0.122 e. The van der Waals surface area contributed by atoms with Crippen LogP contribution in [-0.2, 0) is 4.74 Å². The Labute approximate surface area is 121 Å². The monoisotopic (exact) mass is 275 g/mol. The Bertz CT molecular complexity index is 444. The van der Waals surface area contributed by atoms with Gasteiger partial charge in [0.05, 0.1) is 12.7 Å². The van der Waals surface area contributed by atoms with E-state index in [1.165, 1.54) is 18.4 Å². The fourth-order valence-electron chi connectivity index (χ4n) is 3.35. The van der Waals surface area contributed by atoms with Crippen LogP contribution in [0.4, 0.5) is 0 Å². The van der Waals surface area contributed by atoms with Gasteiger partial charge < -0.3 is 15.2 Å². The topological polar surface area (TPSA) is 44.5 Å². The zero-order valence-electron chi connectivity index (χ0n) is 12.3. The van der Waals surface area contributed by atoms with Gasteiger partial charge in [-0.2, -0.15) is 0 Å². The second-order valence-electron chi connectivity index (χ2n) is 6.03. The van der Waals surface area contributed by atoms with Crippen molar-refractivity contribution in [1.29, 1.82) is 0 Å². The summed E-state index contributed by atoms with van der Waals surface area (Å²) in [6.07, 6.45) is 4.87. The molecule has 1 aliphatic carbocycles. The third kappa shape index (κ3) is 2.99. The molecule has 1 aromatic rings. The number of ether oxygens (including phenoxy) is 2. The fourth-order valence-corrected chi connectivity index (χ4v) is 3.35. The Morgan fingerprint density at radius 2 is 2.10 bits per heavy atom. The Morgan fingerprint density at radius 3 is 2.85 bits per heavy atom. The van der Waals surface area contributed by atoms with Crippen LogP contribution in [0.15, 0.2) is 24.3 Å². The summed E-state index contributed by atoms with van der Waals surface area (Å²) < 4.78 is 11.6. The van der Waals surface area contributed by atoms with Gasteiger partial charge in [0, 0.05) is 12.6 Å². The minimum Gasteiger partial charge on any atom is -0.493 e. The molecule has 110 valence electrons. The van der Waals surface area contributed by atoms with Crippen molar-refractivity contribution in [3.05, 3.63) is 29.8 Å². The Balaban J connectivity index is 1.68. The molecular weight excluding hydrogens is 250 g/mol. The highest BCUT2D eigenvalue weighted by Crippen LogP contribution is 2.40. The third-order valence-corrected chi connectivity index (χ3v) is 4.51. The lowest BCUT2D eigenvalue weighted by Crippen LogP contribution is -2.40. The molecule has 3 atom stereocenters. The highest BCUT2D eigenvalue weighted by Gasteiger charge is 2.37. The SMILES string of the molecule is CCOC(C(N)CC1CCOc2ccccc21)C1CC1. The number of para-hydroxylation sites is 1. The molecule has 0 radical (unpaired) electrons. The number of benzene rings is 1. The van der Waals surface area contributed by atoms with E-state index in [-0.39, 0.29) is 12.1 Å². The van der Waals surface area contributed by atoms with E-state index in [0.717, 1.165) is 31.8 Å². The highest BCUT2D eigenvalue weighted by atomic mass is 16.5. The Kier molecular flexibility index (Phi) is 4.27. The normalized spacial score (nSPS) is 24.6. The van der Waals surface area contributed by atoms with E-state index in [1.54, 1.807) is 0 Å². The first-order valence-corrected chi connectivity index (χ1v) is 7.88. The van der Waals surface area contributed by atoms with Gasteiger partial charge in [-0.3, -0.25) is 0 Å². The number of nitrogens with two attached hydrogens (primary N) is 1. The van der Waals surface area contributed by atoms with Crippen molar-refractivity contribution in [2.45, 2.75) is 50.7 Å². The maximum absolute atomic E-state index is 6.47. The van der Waals surface area contributed by atoms with Crippen LogP contribution in [0.2, 0.25) is 0 Å². The van der Waals surface area contributed by atoms with Crippen molar-refractivity contribution < 1.29 is 9.47 Å². The van der Waals surface area contributed by atoms with E-state index in [0.29, 0.717) is 11.8 Å². The summed E-state index contributed by atoms with van der Waals surface area (Å²) in [5, 5.41) is 0. The molecule has 3 heteroatoms. The van der Waals surface area contributed by atoms with Gasteiger partial charge in [-0.15, -0.1) is 0 Å². The summed E-state index contributed by atoms with van der Waals surface area (Å²) in [6, 6.07) is 8.51. The molecule has 0 aromatic heterocycles. The van der Waals surface area contributed by atoms with Crippen molar-refractivity contribution in [2.24, 2.45) is 11.7 Å². The summed E-state index contributed by atoms with van der Waals surface area (Å²) in [4.78, 5) is 0. The number of rotatable bonds is 6. The van der Waals surface area contributed by atoms with Gasteiger partial charge in [-0.05, 0) is 56.1 Å². The summed E-state index contributed by atoms with van der Waals surface area (Å²) >= 11 is 0. The van der Waals surface area contributed by atoms with Crippen LogP contribution in [0.25, 0.3) is 0 Å². The first kappa shape index (κ1) is 13.9. The molecule has 2 N–H and O–H groups in total. The van der Waals surface area contributed by atoms with Gasteiger partial charge in [0.1, 0.15) is 5.75 Å². The first-order chi connectivity index (χ1) is 9.79. The molecule has 0 saturated heterocycles. The molecule has 3 rings (SSSR count). The molecule has 0 amide bonds. The quantitative estimate of drug-likeness (QED) is 0.867. The maximum atomic E-state index is 6.47. The second kappa shape index (κ2) is 6.15. The predicted octanol–water partition coefficient (Wildman–Crippen LogP) is 3.09. The molecular formula is C17H25NO2. The van der Waals surface area contributed by atoms with Gasteiger partial charge in [0.25, 0.3) is 0 Å². The van der Waals surface area contributed by atoms with E-state index in [2.05, 4.69) is 25.1 Å². The van der Waals surface area contributed by atoms with Crippen LogP contribution < -0.4 is 10.5 Å². The number of fused-ring (bicyclic) bond motifs is 1. The largest absolute Gasteiger partial charge is 0.493 e. The van der Waals surface area contributed by atoms with Crippen LogP contribution in [0.3, 0.4) is 0 Å². The predicted molar refractivity (Wildman–Crippen MR) is 80.0 cm³/mol. The molecule has 1 aliphatic heterocycles. The molecule has 1 fully saturated rings. The standard InChI is InChI=1S/C17H25NO2/c1-2-19-17(12-7-8-12)15(18)11-13-9-10-20-16-6-4-3-5-14(13)16/h3-6,12-13,15,17H,2,7-11,18H2,1H3. The summed E-state index contributed by atoms with van der Waals surface area (Å²) in [6.45, 7) is 3.63. The van der Waals surface area contributed by atoms with Crippen LogP contribution >= 0.6 is 0 Å². The zero-order valence-corrected chi connectivity index (χ0v) is 12.3. The summed E-state index contributed by atoms with van der Waals surface area (Å²) in [5.41, 5.74) is 7.79. The molecule has 1 saturated carbocycles. The Morgan fingerprint density at radius 1 is 1.30 bits per heavy atom. The minimum absolute atomic E-state index is 0.138. The van der Waals surface area contributed by atoms with Crippen molar-refractivity contribution in [2.75, 3.05) is 13.2 Å². The molecule has 1 heterocycles. The van der Waals surface area contributed by atoms with E-state index in [9.17, 15) is 0 Å². The van der Waals surface area contributed by atoms with Gasteiger partial charge in [0.2, 0.25) is 0 Å². The second-order valence-corrected chi connectivity index (χ2v) is 6.03. The fraction of sp³-hybridized carbons (Fsp3) is 0.647. The smallest absolute Gasteiger partial charge is 0.122 e. The van der Waals surface area contributed by atoms with E-state index in [1.807, 2.05) is 6.07 Å². The molecule has 1 aromatic carbocycles. The average molecular weight is 275 g/mol. The number of hydrogen-bond acceptors (Lipinski definition) is 3. The molecule has 3 unspecified atom stereocenters. The molecule has 20 heavy (non-hydrogen) atoms. The van der Waals surface area contributed by atoms with Gasteiger partial charge in [0.15, 0.2) is 0 Å². The van der Waals surface area contributed by atoms with Crippen molar-refractivity contribution in [1.82, 2.24) is 0 Å². The average Bonchev–Trinajstić information content (AvgIpc) is 3.29. The van der Waals surface area contributed by atoms with Gasteiger partial charge in [-0.25, -0.2) is 0 Å². The van der Waals surface area contributed by atoms with E-state index in [4.69, 9.17) is 15.2 Å². The van der Waals surface area contributed by atoms with Gasteiger partial charge in [-0.1, -0.05) is 18.2 Å². The van der Waals surface area contributed by atoms with Crippen molar-refractivity contribution >= 4 is 0 Å². The molecule has 0 bridgehead atoms. The Hall–Kier alpha value is -1.06. The van der Waals surface area contributed by atoms with E-state index < -0.39 is 0 Å². The number of hydrogen-bond donors (Lipinski definition) is 1. The lowest BCUT2D eigenvalue weighted by atomic mass is 9.85. The highest BCUT2D eigenvalue weighted by molar-refractivity contribution is 5.37. The lowest BCUT2D eigenvalue weighted by Gasteiger charge is -2.31. The lowest BCUT2D eigenvalue weighted by molar-refractivity contribution is 0.0242. The van der Waals surface area contributed by atoms with Crippen molar-refractivity contribution in [3.63, 3.8) is 0 Å². The van der Waals surface area contributed by atoms with Crippen LogP contribution in [0, 0.1) is 5.92 Å². The zero-order chi connectivity index (χ0) is 13.9. The molecule has 0 spiro atoms. The van der Waals surface area contributed by atoms with Crippen LogP contribution in [0.5, 0.6) is 5.75 Å². The molecule has 2 aliphatic rings. The van der Waals surface area contributed by atoms with E-state index >= 15 is 0 Å². The summed E-state index contributed by atoms with van der Waals surface area (Å²) in [5.74, 6) is 2.24. The first-order valence-electron chi connectivity index (χ1n) is 7.88. The third-order valence-electron chi connectivity index (χ3n) is 4.51. The van der Waals surface area contributed by atoms with Gasteiger partial charge >= 0.3 is 0 Å². The van der Waals surface area contributed by atoms with Crippen LogP contribution in [-0.4, -0.2) is 25.4 Å².